The monoisotopic (exact) mass is 465 g/mol. The molecular formula is C25H28ClN5O2. The third-order valence-corrected chi connectivity index (χ3v) is 6.37. The van der Waals surface area contributed by atoms with Gasteiger partial charge >= 0.3 is 0 Å². The highest BCUT2D eigenvalue weighted by Gasteiger charge is 2.30. The first kappa shape index (κ1) is 22.9. The van der Waals surface area contributed by atoms with E-state index in [9.17, 15) is 4.79 Å². The van der Waals surface area contributed by atoms with Crippen molar-refractivity contribution in [2.75, 3.05) is 11.9 Å². The highest BCUT2D eigenvalue weighted by Crippen LogP contribution is 2.45. The van der Waals surface area contributed by atoms with Crippen LogP contribution >= 0.6 is 11.6 Å². The Morgan fingerprint density at radius 3 is 2.70 bits per heavy atom. The Morgan fingerprint density at radius 2 is 2.00 bits per heavy atom. The molecule has 2 unspecified atom stereocenters. The van der Waals surface area contributed by atoms with Crippen molar-refractivity contribution in [3.63, 3.8) is 0 Å². The maximum Gasteiger partial charge on any atom is 0.255 e. The quantitative estimate of drug-likeness (QED) is 0.475. The van der Waals surface area contributed by atoms with Crippen molar-refractivity contribution in [1.29, 1.82) is 0 Å². The van der Waals surface area contributed by atoms with Gasteiger partial charge in [-0.15, -0.1) is 0 Å². The number of amides is 1. The Bertz CT molecular complexity index is 1210. The second-order valence-corrected chi connectivity index (χ2v) is 8.72. The Kier molecular flexibility index (Phi) is 6.42. The van der Waals surface area contributed by atoms with Crippen LogP contribution in [0.25, 0.3) is 11.3 Å². The average molecular weight is 466 g/mol. The minimum Gasteiger partial charge on any atom is -0.483 e. The highest BCUT2D eigenvalue weighted by molar-refractivity contribution is 6.33. The van der Waals surface area contributed by atoms with Gasteiger partial charge in [0.2, 0.25) is 5.95 Å². The van der Waals surface area contributed by atoms with Crippen molar-refractivity contribution in [2.24, 2.45) is 16.6 Å². The molecule has 8 heteroatoms. The third-order valence-electron chi connectivity index (χ3n) is 6.05. The van der Waals surface area contributed by atoms with Gasteiger partial charge in [-0.3, -0.25) is 9.36 Å². The molecule has 7 nitrogen and oxygen atoms in total. The Labute approximate surface area is 198 Å². The van der Waals surface area contributed by atoms with E-state index in [0.29, 0.717) is 22.4 Å². The summed E-state index contributed by atoms with van der Waals surface area (Å²) in [5.41, 5.74) is 9.71. The molecule has 0 bridgehead atoms. The molecule has 0 fully saturated rings. The number of nitrogens with zero attached hydrogens (tertiary/aromatic N) is 3. The van der Waals surface area contributed by atoms with Crippen LogP contribution in [0.3, 0.4) is 0 Å². The van der Waals surface area contributed by atoms with Gasteiger partial charge in [0.1, 0.15) is 17.3 Å². The minimum atomic E-state index is -0.538. The Morgan fingerprint density at radius 1 is 1.24 bits per heavy atom. The van der Waals surface area contributed by atoms with E-state index < -0.39 is 5.91 Å². The number of anilines is 2. The Hall–Kier alpha value is -3.32. The number of nitrogens with one attached hydrogen (secondary N) is 1. The van der Waals surface area contributed by atoms with E-state index in [-0.39, 0.29) is 18.6 Å². The summed E-state index contributed by atoms with van der Waals surface area (Å²) in [5, 5.41) is 4.17. The highest BCUT2D eigenvalue weighted by atomic mass is 35.5. The summed E-state index contributed by atoms with van der Waals surface area (Å²) < 4.78 is 7.92. The molecule has 1 aliphatic rings. The number of halogens is 1. The number of hydrogen-bond donors (Lipinski definition) is 2. The molecule has 172 valence electrons. The number of fused-ring (bicyclic) bond motifs is 1. The summed E-state index contributed by atoms with van der Waals surface area (Å²) in [5.74, 6) is 1.62. The van der Waals surface area contributed by atoms with Crippen LogP contribution < -0.4 is 15.8 Å². The summed E-state index contributed by atoms with van der Waals surface area (Å²) in [4.78, 5) is 21.0. The number of ether oxygens (including phenoxy) is 1. The largest absolute Gasteiger partial charge is 0.483 e. The van der Waals surface area contributed by atoms with Gasteiger partial charge in [0.25, 0.3) is 5.91 Å². The van der Waals surface area contributed by atoms with Crippen molar-refractivity contribution in [1.82, 2.24) is 9.55 Å². The molecule has 33 heavy (non-hydrogen) atoms. The molecule has 2 atom stereocenters. The van der Waals surface area contributed by atoms with Gasteiger partial charge < -0.3 is 15.8 Å². The molecule has 1 amide bonds. The summed E-state index contributed by atoms with van der Waals surface area (Å²) in [6, 6.07) is 11.7. The first-order valence-corrected chi connectivity index (χ1v) is 11.4. The van der Waals surface area contributed by atoms with Crippen molar-refractivity contribution in [3.8, 4) is 17.0 Å². The Balaban J connectivity index is 1.96. The molecule has 0 saturated heterocycles. The number of aryl methyl sites for hydroxylation is 2. The van der Waals surface area contributed by atoms with E-state index in [1.54, 1.807) is 0 Å². The molecule has 1 aromatic heterocycles. The smallest absolute Gasteiger partial charge is 0.255 e. The zero-order valence-corrected chi connectivity index (χ0v) is 20.0. The van der Waals surface area contributed by atoms with E-state index in [1.807, 2.05) is 49.5 Å². The molecule has 2 heterocycles. The number of aliphatic imine (C=N–C) groups is 1. The number of carbonyl (C=O) groups excluding carboxylic acids is 1. The SMILES string of the molecule is CCc1cccc(OCC(N)=O)c1-c1nc2n(c1Nc1c(C)cccc1Cl)C(C)C(C)C=N2. The van der Waals surface area contributed by atoms with Crippen LogP contribution in [-0.4, -0.2) is 28.3 Å². The molecule has 1 aliphatic heterocycles. The summed E-state index contributed by atoms with van der Waals surface area (Å²) in [7, 11) is 0. The average Bonchev–Trinajstić information content (AvgIpc) is 3.15. The van der Waals surface area contributed by atoms with Crippen LogP contribution in [0, 0.1) is 12.8 Å². The predicted molar refractivity (Wildman–Crippen MR) is 133 cm³/mol. The van der Waals surface area contributed by atoms with Gasteiger partial charge in [-0.2, -0.15) is 0 Å². The molecule has 2 aromatic carbocycles. The molecule has 0 spiro atoms. The van der Waals surface area contributed by atoms with Gasteiger partial charge in [-0.05, 0) is 43.5 Å². The van der Waals surface area contributed by atoms with Crippen molar-refractivity contribution >= 4 is 41.2 Å². The summed E-state index contributed by atoms with van der Waals surface area (Å²) >= 11 is 6.57. The minimum absolute atomic E-state index is 0.118. The third kappa shape index (κ3) is 4.33. The number of hydrogen-bond acceptors (Lipinski definition) is 5. The number of rotatable bonds is 7. The number of aromatic nitrogens is 2. The fourth-order valence-corrected chi connectivity index (χ4v) is 4.32. The lowest BCUT2D eigenvalue weighted by Gasteiger charge is -2.26. The van der Waals surface area contributed by atoms with Crippen LogP contribution in [0.4, 0.5) is 17.5 Å². The number of para-hydroxylation sites is 1. The molecule has 0 radical (unpaired) electrons. The van der Waals surface area contributed by atoms with Gasteiger partial charge in [0.15, 0.2) is 6.61 Å². The van der Waals surface area contributed by atoms with Crippen molar-refractivity contribution < 1.29 is 9.53 Å². The lowest BCUT2D eigenvalue weighted by atomic mass is 10.00. The fraction of sp³-hybridized carbons (Fsp3) is 0.320. The maximum absolute atomic E-state index is 11.4. The zero-order valence-electron chi connectivity index (χ0n) is 19.2. The topological polar surface area (TPSA) is 94.5 Å². The molecule has 0 aliphatic carbocycles. The zero-order chi connectivity index (χ0) is 23.7. The summed E-state index contributed by atoms with van der Waals surface area (Å²) in [6.45, 7) is 8.13. The van der Waals surface area contributed by atoms with Crippen molar-refractivity contribution in [2.45, 2.75) is 40.2 Å². The van der Waals surface area contributed by atoms with Crippen LogP contribution in [0.15, 0.2) is 41.4 Å². The van der Waals surface area contributed by atoms with Crippen LogP contribution in [0.1, 0.15) is 37.9 Å². The van der Waals surface area contributed by atoms with Crippen molar-refractivity contribution in [3.05, 3.63) is 52.5 Å². The van der Waals surface area contributed by atoms with Gasteiger partial charge in [-0.25, -0.2) is 9.98 Å². The molecule has 3 aromatic rings. The molecule has 0 saturated carbocycles. The van der Waals surface area contributed by atoms with Crippen LogP contribution in [0.5, 0.6) is 5.75 Å². The lowest BCUT2D eigenvalue weighted by Crippen LogP contribution is -2.20. The molecule has 3 N–H and O–H groups in total. The molecule has 4 rings (SSSR count). The summed E-state index contributed by atoms with van der Waals surface area (Å²) in [6.07, 6.45) is 2.68. The van der Waals surface area contributed by atoms with Crippen LogP contribution in [0.2, 0.25) is 5.02 Å². The first-order chi connectivity index (χ1) is 15.8. The number of imidazole rings is 1. The standard InChI is InChI=1S/C25H28ClN5O2/c1-5-17-9-7-11-19(33-13-20(27)32)21(17)23-24(29-22-14(2)8-6-10-18(22)26)31-16(4)15(3)12-28-25(31)30-23/h6-12,15-16,29H,5,13H2,1-4H3,(H2,27,32). The number of carbonyl (C=O) groups is 1. The second kappa shape index (κ2) is 9.27. The van der Waals surface area contributed by atoms with Gasteiger partial charge in [0.05, 0.1) is 10.7 Å². The molecular weight excluding hydrogens is 438 g/mol. The van der Waals surface area contributed by atoms with Crippen LogP contribution in [-0.2, 0) is 11.2 Å². The fourth-order valence-electron chi connectivity index (χ4n) is 4.05. The van der Waals surface area contributed by atoms with E-state index >= 15 is 0 Å². The first-order valence-electron chi connectivity index (χ1n) is 11.0. The number of benzene rings is 2. The predicted octanol–water partition coefficient (Wildman–Crippen LogP) is 5.60. The lowest BCUT2D eigenvalue weighted by molar-refractivity contribution is -0.119. The van der Waals surface area contributed by atoms with E-state index in [1.165, 1.54) is 0 Å². The van der Waals surface area contributed by atoms with Gasteiger partial charge in [0, 0.05) is 23.7 Å². The number of primary amides is 1. The van der Waals surface area contributed by atoms with E-state index in [2.05, 4.69) is 35.6 Å². The normalized spacial score (nSPS) is 17.0. The van der Waals surface area contributed by atoms with E-state index in [4.69, 9.17) is 27.1 Å². The second-order valence-electron chi connectivity index (χ2n) is 8.31. The van der Waals surface area contributed by atoms with E-state index in [0.717, 1.165) is 34.6 Å². The maximum atomic E-state index is 11.4. The van der Waals surface area contributed by atoms with Gasteiger partial charge in [-0.1, -0.05) is 49.7 Å². The number of nitrogens with two attached hydrogens (primary N) is 1.